The maximum Gasteiger partial charge on any atom is 0.235 e. The summed E-state index contributed by atoms with van der Waals surface area (Å²) >= 11 is -2.43. The average molecular weight is 164 g/mol. The monoisotopic (exact) mass is 164 g/mol. The van der Waals surface area contributed by atoms with E-state index in [0.717, 1.165) is 0 Å². The second-order valence-corrected chi connectivity index (χ2v) is 3.19. The van der Waals surface area contributed by atoms with Gasteiger partial charge in [-0.25, -0.2) is 0 Å². The number of hydrogen-bond donors (Lipinski definition) is 0. The van der Waals surface area contributed by atoms with Crippen molar-refractivity contribution < 1.29 is 13.6 Å². The minimum atomic E-state index is -2.43. The third kappa shape index (κ3) is 2.45. The quantitative estimate of drug-likeness (QED) is 0.535. The van der Waals surface area contributed by atoms with Gasteiger partial charge in [-0.15, -0.1) is 0 Å². The van der Waals surface area contributed by atoms with Gasteiger partial charge in [-0.3, -0.25) is 13.3 Å². The molecule has 0 spiro atoms. The minimum absolute atomic E-state index is 0.275. The molecule has 0 heterocycles. The molecule has 4 nitrogen and oxygen atoms in total. The lowest BCUT2D eigenvalue weighted by Gasteiger charge is -2.20. The van der Waals surface area contributed by atoms with Crippen LogP contribution in [-0.4, -0.2) is 26.0 Å². The molecule has 1 atom stereocenters. The lowest BCUT2D eigenvalue weighted by atomic mass is 10.2. The Morgan fingerprint density at radius 1 is 1.60 bits per heavy atom. The summed E-state index contributed by atoms with van der Waals surface area (Å²) in [7, 11) is 1.23. The molecule has 0 aliphatic heterocycles. The van der Waals surface area contributed by atoms with E-state index < -0.39 is 17.2 Å². The molecule has 1 amide bonds. The molecule has 0 bridgehead atoms. The lowest BCUT2D eigenvalue weighted by molar-refractivity contribution is -0.128. The molecule has 60 valence electrons. The predicted molar refractivity (Wildman–Crippen MR) is 36.5 cm³/mol. The summed E-state index contributed by atoms with van der Waals surface area (Å²) in [6.07, 6.45) is 0. The molecule has 0 radical (unpaired) electrons. The summed E-state index contributed by atoms with van der Waals surface area (Å²) in [5.41, 5.74) is 0. The SMILES string of the molecule is CC(C)C(=O)N(C)S(=O)[O-]. The summed E-state index contributed by atoms with van der Waals surface area (Å²) in [4.78, 5) is 10.8. The van der Waals surface area contributed by atoms with Crippen molar-refractivity contribution in [2.24, 2.45) is 5.92 Å². The molecule has 0 aromatic heterocycles. The lowest BCUT2D eigenvalue weighted by Crippen LogP contribution is -2.31. The summed E-state index contributed by atoms with van der Waals surface area (Å²) in [5, 5.41) is 0. The van der Waals surface area contributed by atoms with Crippen LogP contribution < -0.4 is 0 Å². The summed E-state index contributed by atoms with van der Waals surface area (Å²) in [5.74, 6) is -0.670. The minimum Gasteiger partial charge on any atom is -0.755 e. The second-order valence-electron chi connectivity index (χ2n) is 2.21. The Kier molecular flexibility index (Phi) is 3.52. The van der Waals surface area contributed by atoms with E-state index in [1.807, 2.05) is 0 Å². The molecule has 0 aliphatic carbocycles. The fourth-order valence-corrected chi connectivity index (χ4v) is 0.795. The third-order valence-corrected chi connectivity index (χ3v) is 1.66. The highest BCUT2D eigenvalue weighted by Gasteiger charge is 2.12. The van der Waals surface area contributed by atoms with Crippen molar-refractivity contribution in [3.63, 3.8) is 0 Å². The van der Waals surface area contributed by atoms with E-state index >= 15 is 0 Å². The molecule has 10 heavy (non-hydrogen) atoms. The Hall–Kier alpha value is -0.420. The van der Waals surface area contributed by atoms with E-state index in [4.69, 9.17) is 0 Å². The number of nitrogens with zero attached hydrogens (tertiary/aromatic N) is 1. The zero-order valence-electron chi connectivity index (χ0n) is 6.16. The van der Waals surface area contributed by atoms with Crippen molar-refractivity contribution in [1.82, 2.24) is 4.31 Å². The largest absolute Gasteiger partial charge is 0.755 e. The van der Waals surface area contributed by atoms with Crippen LogP contribution >= 0.6 is 0 Å². The predicted octanol–water partition coefficient (Wildman–Crippen LogP) is -0.105. The summed E-state index contributed by atoms with van der Waals surface area (Å²) in [6, 6.07) is 0. The van der Waals surface area contributed by atoms with E-state index in [9.17, 15) is 13.6 Å². The van der Waals surface area contributed by atoms with Crippen LogP contribution in [0.5, 0.6) is 0 Å². The zero-order valence-corrected chi connectivity index (χ0v) is 6.97. The molecule has 0 aliphatic rings. The molecule has 0 saturated carbocycles. The van der Waals surface area contributed by atoms with Crippen LogP contribution in [0.1, 0.15) is 13.8 Å². The third-order valence-electron chi connectivity index (χ3n) is 1.03. The Balaban J connectivity index is 4.08. The maximum atomic E-state index is 10.8. The van der Waals surface area contributed by atoms with Gasteiger partial charge in [-0.05, 0) is 0 Å². The van der Waals surface area contributed by atoms with Crippen LogP contribution in [-0.2, 0) is 16.1 Å². The maximum absolute atomic E-state index is 10.8. The molecule has 0 saturated heterocycles. The molecule has 0 aromatic rings. The fourth-order valence-electron chi connectivity index (χ4n) is 0.437. The van der Waals surface area contributed by atoms with Gasteiger partial charge in [0.15, 0.2) is 0 Å². The van der Waals surface area contributed by atoms with Crippen molar-refractivity contribution in [2.45, 2.75) is 13.8 Å². The first-order chi connectivity index (χ1) is 4.46. The first-order valence-corrected chi connectivity index (χ1v) is 3.87. The number of carbonyl (C=O) groups is 1. The van der Waals surface area contributed by atoms with Crippen molar-refractivity contribution >= 4 is 17.2 Å². The van der Waals surface area contributed by atoms with E-state index in [1.165, 1.54) is 7.05 Å². The van der Waals surface area contributed by atoms with Crippen LogP contribution in [0.15, 0.2) is 0 Å². The first kappa shape index (κ1) is 9.58. The Bertz CT molecular complexity index is 157. The number of amides is 1. The van der Waals surface area contributed by atoms with Crippen LogP contribution in [0.2, 0.25) is 0 Å². The van der Waals surface area contributed by atoms with Crippen molar-refractivity contribution in [3.05, 3.63) is 0 Å². The Labute approximate surface area is 62.6 Å². The van der Waals surface area contributed by atoms with Crippen molar-refractivity contribution in [1.29, 1.82) is 0 Å². The molecule has 1 unspecified atom stereocenters. The fraction of sp³-hybridized carbons (Fsp3) is 0.800. The smallest absolute Gasteiger partial charge is 0.235 e. The zero-order chi connectivity index (χ0) is 8.31. The Morgan fingerprint density at radius 3 is 2.10 bits per heavy atom. The van der Waals surface area contributed by atoms with Gasteiger partial charge in [-0.1, -0.05) is 13.8 Å². The second kappa shape index (κ2) is 3.68. The summed E-state index contributed by atoms with van der Waals surface area (Å²) < 4.78 is 21.0. The number of rotatable bonds is 2. The van der Waals surface area contributed by atoms with E-state index in [-0.39, 0.29) is 5.92 Å². The molecule has 0 N–H and O–H groups in total. The van der Waals surface area contributed by atoms with E-state index in [1.54, 1.807) is 13.8 Å². The van der Waals surface area contributed by atoms with Gasteiger partial charge < -0.3 is 4.55 Å². The topological polar surface area (TPSA) is 60.4 Å². The van der Waals surface area contributed by atoms with Crippen molar-refractivity contribution in [3.8, 4) is 0 Å². The standard InChI is InChI=1S/C5H11NO3S/c1-4(2)5(7)6(3)10(8)9/h4H,1-3H3,(H,8,9)/p-1. The van der Waals surface area contributed by atoms with Gasteiger partial charge in [0, 0.05) is 24.2 Å². The van der Waals surface area contributed by atoms with E-state index in [2.05, 4.69) is 0 Å². The first-order valence-electron chi connectivity index (χ1n) is 2.83. The molecule has 0 fully saturated rings. The Morgan fingerprint density at radius 2 is 2.00 bits per heavy atom. The highest BCUT2D eigenvalue weighted by atomic mass is 32.2. The van der Waals surface area contributed by atoms with Crippen LogP contribution in [0.25, 0.3) is 0 Å². The van der Waals surface area contributed by atoms with Crippen LogP contribution in [0.3, 0.4) is 0 Å². The summed E-state index contributed by atoms with van der Waals surface area (Å²) in [6.45, 7) is 3.29. The van der Waals surface area contributed by atoms with Gasteiger partial charge in [0.2, 0.25) is 5.91 Å². The van der Waals surface area contributed by atoms with Gasteiger partial charge in [0.25, 0.3) is 0 Å². The van der Waals surface area contributed by atoms with Crippen LogP contribution in [0.4, 0.5) is 0 Å². The molecular weight excluding hydrogens is 154 g/mol. The molecular formula is C5H10NO3S-. The van der Waals surface area contributed by atoms with Crippen LogP contribution in [0, 0.1) is 5.92 Å². The average Bonchev–Trinajstić information content (AvgIpc) is 1.84. The van der Waals surface area contributed by atoms with Gasteiger partial charge in [0.05, 0.1) is 0 Å². The number of carbonyl (C=O) groups excluding carboxylic acids is 1. The number of hydrogen-bond acceptors (Lipinski definition) is 3. The van der Waals surface area contributed by atoms with E-state index in [0.29, 0.717) is 4.31 Å². The normalized spacial score (nSPS) is 13.3. The highest BCUT2D eigenvalue weighted by molar-refractivity contribution is 7.77. The molecule has 5 heteroatoms. The molecule has 0 aromatic carbocycles. The van der Waals surface area contributed by atoms with Gasteiger partial charge >= 0.3 is 0 Å². The van der Waals surface area contributed by atoms with Gasteiger partial charge in [-0.2, -0.15) is 0 Å². The molecule has 0 rings (SSSR count). The van der Waals surface area contributed by atoms with Crippen molar-refractivity contribution in [2.75, 3.05) is 7.05 Å². The highest BCUT2D eigenvalue weighted by Crippen LogP contribution is 1.99. The van der Waals surface area contributed by atoms with Gasteiger partial charge in [0.1, 0.15) is 0 Å².